The minimum atomic E-state index is -0.496. The number of carbonyl (C=O) groups is 1. The largest absolute Gasteiger partial charge is 0.444 e. The zero-order valence-electron chi connectivity index (χ0n) is 13.0. The number of halogens is 1. The number of rotatable bonds is 2. The summed E-state index contributed by atoms with van der Waals surface area (Å²) < 4.78 is 19.2. The minimum Gasteiger partial charge on any atom is -0.444 e. The molecule has 4 heteroatoms. The van der Waals surface area contributed by atoms with Gasteiger partial charge >= 0.3 is 6.09 Å². The van der Waals surface area contributed by atoms with Crippen LogP contribution >= 0.6 is 0 Å². The predicted molar refractivity (Wildman–Crippen MR) is 80.8 cm³/mol. The Bertz CT molecular complexity index is 496. The summed E-state index contributed by atoms with van der Waals surface area (Å²) in [5.74, 6) is 0.0142. The molecule has 2 atom stereocenters. The van der Waals surface area contributed by atoms with E-state index in [1.807, 2.05) is 32.9 Å². The van der Waals surface area contributed by atoms with E-state index in [1.54, 1.807) is 6.07 Å². The highest BCUT2D eigenvalue weighted by Crippen LogP contribution is 2.34. The van der Waals surface area contributed by atoms with Crippen LogP contribution in [0, 0.1) is 5.82 Å². The maximum absolute atomic E-state index is 13.9. The number of benzene rings is 1. The van der Waals surface area contributed by atoms with Gasteiger partial charge in [0, 0.05) is 6.04 Å². The van der Waals surface area contributed by atoms with Crippen LogP contribution in [0.2, 0.25) is 0 Å². The molecule has 21 heavy (non-hydrogen) atoms. The average Bonchev–Trinajstić information content (AvgIpc) is 2.37. The van der Waals surface area contributed by atoms with Gasteiger partial charge in [-0.15, -0.1) is 0 Å². The number of alkyl carbamates (subject to hydrolysis) is 1. The minimum absolute atomic E-state index is 0.0539. The average molecular weight is 293 g/mol. The molecule has 0 saturated heterocycles. The summed E-state index contributed by atoms with van der Waals surface area (Å²) in [7, 11) is 0. The third kappa shape index (κ3) is 4.73. The molecule has 3 nitrogen and oxygen atoms in total. The van der Waals surface area contributed by atoms with Crippen LogP contribution in [-0.4, -0.2) is 17.7 Å². The third-order valence-electron chi connectivity index (χ3n) is 3.74. The molecule has 116 valence electrons. The monoisotopic (exact) mass is 293 g/mol. The molecule has 1 aromatic carbocycles. The maximum Gasteiger partial charge on any atom is 0.407 e. The molecule has 0 aromatic heterocycles. The molecule has 2 rings (SSSR count). The Morgan fingerprint density at radius 1 is 1.29 bits per heavy atom. The molecule has 0 spiro atoms. The number of amides is 1. The molecular formula is C17H24FNO2. The highest BCUT2D eigenvalue weighted by atomic mass is 19.1. The van der Waals surface area contributed by atoms with E-state index in [-0.39, 0.29) is 23.9 Å². The zero-order valence-corrected chi connectivity index (χ0v) is 13.0. The topological polar surface area (TPSA) is 38.3 Å². The molecule has 1 aromatic rings. The Morgan fingerprint density at radius 2 is 2.00 bits per heavy atom. The second kappa shape index (κ2) is 6.46. The molecule has 1 saturated carbocycles. The van der Waals surface area contributed by atoms with Crippen LogP contribution < -0.4 is 5.32 Å². The van der Waals surface area contributed by atoms with Crippen molar-refractivity contribution < 1.29 is 13.9 Å². The van der Waals surface area contributed by atoms with Crippen LogP contribution in [0.1, 0.15) is 57.9 Å². The lowest BCUT2D eigenvalue weighted by molar-refractivity contribution is 0.0490. The Balaban J connectivity index is 1.95. The number of nitrogens with one attached hydrogen (secondary N) is 1. The Kier molecular flexibility index (Phi) is 4.86. The van der Waals surface area contributed by atoms with Gasteiger partial charge in [-0.2, -0.15) is 0 Å². The van der Waals surface area contributed by atoms with Gasteiger partial charge < -0.3 is 10.1 Å². The van der Waals surface area contributed by atoms with Crippen LogP contribution in [0.5, 0.6) is 0 Å². The van der Waals surface area contributed by atoms with Crippen molar-refractivity contribution in [1.29, 1.82) is 0 Å². The molecule has 1 N–H and O–H groups in total. The van der Waals surface area contributed by atoms with Crippen molar-refractivity contribution >= 4 is 6.09 Å². The SMILES string of the molecule is CC(C)(C)OC(=O)N[C@@H]1CCC[C@H](c2ccccc2F)C1. The first-order valence-corrected chi connectivity index (χ1v) is 7.59. The first kappa shape index (κ1) is 15.8. The van der Waals surface area contributed by atoms with Crippen LogP contribution in [-0.2, 0) is 4.74 Å². The quantitative estimate of drug-likeness (QED) is 0.879. The van der Waals surface area contributed by atoms with E-state index in [0.29, 0.717) is 0 Å². The van der Waals surface area contributed by atoms with E-state index >= 15 is 0 Å². The van der Waals surface area contributed by atoms with Gasteiger partial charge in [0.1, 0.15) is 11.4 Å². The Hall–Kier alpha value is -1.58. The van der Waals surface area contributed by atoms with Crippen LogP contribution in [0.15, 0.2) is 24.3 Å². The summed E-state index contributed by atoms with van der Waals surface area (Å²) in [6.45, 7) is 5.53. The summed E-state index contributed by atoms with van der Waals surface area (Å²) in [5, 5.41) is 2.91. The van der Waals surface area contributed by atoms with E-state index in [0.717, 1.165) is 31.2 Å². The lowest BCUT2D eigenvalue weighted by Crippen LogP contribution is -2.41. The normalized spacial score (nSPS) is 22.7. The fourth-order valence-electron chi connectivity index (χ4n) is 2.88. The van der Waals surface area contributed by atoms with Crippen molar-refractivity contribution in [2.45, 2.75) is 64.0 Å². The molecule has 1 aliphatic rings. The summed E-state index contributed by atoms with van der Waals surface area (Å²) in [5.41, 5.74) is 0.261. The molecule has 0 bridgehead atoms. The van der Waals surface area contributed by atoms with Gasteiger partial charge in [-0.05, 0) is 57.6 Å². The standard InChI is InChI=1S/C17H24FNO2/c1-17(2,3)21-16(20)19-13-8-6-7-12(11-13)14-9-4-5-10-15(14)18/h4-5,9-10,12-13H,6-8,11H2,1-3H3,(H,19,20)/t12-,13+/m0/s1. The van der Waals surface area contributed by atoms with Gasteiger partial charge in [0.05, 0.1) is 0 Å². The van der Waals surface area contributed by atoms with E-state index in [4.69, 9.17) is 4.74 Å². The smallest absolute Gasteiger partial charge is 0.407 e. The molecule has 0 unspecified atom stereocenters. The third-order valence-corrected chi connectivity index (χ3v) is 3.74. The van der Waals surface area contributed by atoms with Gasteiger partial charge in [-0.1, -0.05) is 24.6 Å². The van der Waals surface area contributed by atoms with Crippen molar-refractivity contribution in [3.63, 3.8) is 0 Å². The number of hydrogen-bond acceptors (Lipinski definition) is 2. The number of ether oxygens (including phenoxy) is 1. The van der Waals surface area contributed by atoms with E-state index in [9.17, 15) is 9.18 Å². The fourth-order valence-corrected chi connectivity index (χ4v) is 2.88. The van der Waals surface area contributed by atoms with Crippen molar-refractivity contribution in [2.75, 3.05) is 0 Å². The van der Waals surface area contributed by atoms with Gasteiger partial charge in [-0.25, -0.2) is 9.18 Å². The zero-order chi connectivity index (χ0) is 15.5. The molecular weight excluding hydrogens is 269 g/mol. The van der Waals surface area contributed by atoms with Crippen molar-refractivity contribution in [1.82, 2.24) is 5.32 Å². The second-order valence-corrected chi connectivity index (χ2v) is 6.73. The van der Waals surface area contributed by atoms with Crippen LogP contribution in [0.4, 0.5) is 9.18 Å². The molecule has 1 aliphatic carbocycles. The highest BCUT2D eigenvalue weighted by Gasteiger charge is 2.27. The second-order valence-electron chi connectivity index (χ2n) is 6.73. The lowest BCUT2D eigenvalue weighted by Gasteiger charge is -2.31. The van der Waals surface area contributed by atoms with Crippen LogP contribution in [0.25, 0.3) is 0 Å². The van der Waals surface area contributed by atoms with Crippen molar-refractivity contribution in [3.8, 4) is 0 Å². The highest BCUT2D eigenvalue weighted by molar-refractivity contribution is 5.68. The van der Waals surface area contributed by atoms with Crippen molar-refractivity contribution in [3.05, 3.63) is 35.6 Å². The Morgan fingerprint density at radius 3 is 2.67 bits per heavy atom. The molecule has 1 amide bonds. The molecule has 0 aliphatic heterocycles. The van der Waals surface area contributed by atoms with Gasteiger partial charge in [-0.3, -0.25) is 0 Å². The number of hydrogen-bond donors (Lipinski definition) is 1. The predicted octanol–water partition coefficient (Wildman–Crippen LogP) is 4.38. The maximum atomic E-state index is 13.9. The summed E-state index contributed by atoms with van der Waals surface area (Å²) in [4.78, 5) is 11.8. The first-order chi connectivity index (χ1) is 9.85. The Labute approximate surface area is 125 Å². The van der Waals surface area contributed by atoms with Gasteiger partial charge in [0.25, 0.3) is 0 Å². The molecule has 0 radical (unpaired) electrons. The van der Waals surface area contributed by atoms with Gasteiger partial charge in [0.15, 0.2) is 0 Å². The molecule has 1 fully saturated rings. The van der Waals surface area contributed by atoms with Crippen molar-refractivity contribution in [2.24, 2.45) is 0 Å². The van der Waals surface area contributed by atoms with Gasteiger partial charge in [0.2, 0.25) is 0 Å². The fraction of sp³-hybridized carbons (Fsp3) is 0.588. The summed E-state index contributed by atoms with van der Waals surface area (Å²) in [6.07, 6.45) is 3.25. The number of carbonyl (C=O) groups excluding carboxylic acids is 1. The van der Waals surface area contributed by atoms with E-state index < -0.39 is 5.60 Å². The van der Waals surface area contributed by atoms with Crippen LogP contribution in [0.3, 0.4) is 0 Å². The summed E-state index contributed by atoms with van der Waals surface area (Å²) in [6, 6.07) is 6.97. The van der Waals surface area contributed by atoms with E-state index in [2.05, 4.69) is 5.32 Å². The first-order valence-electron chi connectivity index (χ1n) is 7.59. The molecule has 0 heterocycles. The summed E-state index contributed by atoms with van der Waals surface area (Å²) >= 11 is 0. The lowest BCUT2D eigenvalue weighted by atomic mass is 9.81. The van der Waals surface area contributed by atoms with E-state index in [1.165, 1.54) is 6.07 Å².